The molecule has 1 saturated heterocycles. The molecule has 24 heavy (non-hydrogen) atoms. The van der Waals surface area contributed by atoms with Crippen LogP contribution >= 0.6 is 11.3 Å². The number of benzene rings is 1. The van der Waals surface area contributed by atoms with Gasteiger partial charge in [0.25, 0.3) is 0 Å². The molecule has 128 valence electrons. The summed E-state index contributed by atoms with van der Waals surface area (Å²) in [6, 6.07) is 8.94. The summed E-state index contributed by atoms with van der Waals surface area (Å²) in [4.78, 5) is 5.20. The summed E-state index contributed by atoms with van der Waals surface area (Å²) in [7, 11) is 4.07. The van der Waals surface area contributed by atoms with E-state index < -0.39 is 0 Å². The SMILES string of the molecule is COc1ccc2c(c1)C1(CCN(Cc3ccsc3)CC1)N(C)CC2. The normalized spacial score (nSPS) is 20.9. The van der Waals surface area contributed by atoms with Gasteiger partial charge in [-0.1, -0.05) is 6.07 Å². The summed E-state index contributed by atoms with van der Waals surface area (Å²) in [5, 5.41) is 4.45. The molecular formula is C20H26N2OS. The summed E-state index contributed by atoms with van der Waals surface area (Å²) in [6.45, 7) is 4.58. The molecule has 4 heteroatoms. The van der Waals surface area contributed by atoms with Crippen LogP contribution in [0.15, 0.2) is 35.0 Å². The predicted octanol–water partition coefficient (Wildman–Crippen LogP) is 3.74. The average molecular weight is 343 g/mol. The van der Waals surface area contributed by atoms with E-state index in [1.807, 2.05) is 0 Å². The lowest BCUT2D eigenvalue weighted by molar-refractivity contribution is 0.0254. The van der Waals surface area contributed by atoms with E-state index in [-0.39, 0.29) is 5.54 Å². The van der Waals surface area contributed by atoms with Crippen molar-refractivity contribution >= 4 is 11.3 Å². The second-order valence-corrected chi connectivity index (χ2v) is 7.91. The summed E-state index contributed by atoms with van der Waals surface area (Å²) >= 11 is 1.80. The highest BCUT2D eigenvalue weighted by Crippen LogP contribution is 2.44. The van der Waals surface area contributed by atoms with Gasteiger partial charge in [-0.3, -0.25) is 9.80 Å². The number of nitrogens with zero attached hydrogens (tertiary/aromatic N) is 2. The van der Waals surface area contributed by atoms with Crippen LogP contribution in [0.25, 0.3) is 0 Å². The molecule has 1 fully saturated rings. The Labute approximate surface area is 148 Å². The number of fused-ring (bicyclic) bond motifs is 2. The average Bonchev–Trinajstić information content (AvgIpc) is 3.13. The predicted molar refractivity (Wildman–Crippen MR) is 99.8 cm³/mol. The van der Waals surface area contributed by atoms with Crippen molar-refractivity contribution in [1.82, 2.24) is 9.80 Å². The molecule has 4 rings (SSSR count). The Kier molecular flexibility index (Phi) is 4.37. The first-order chi connectivity index (χ1) is 11.7. The summed E-state index contributed by atoms with van der Waals surface area (Å²) < 4.78 is 5.51. The number of methoxy groups -OCH3 is 1. The van der Waals surface area contributed by atoms with E-state index in [2.05, 4.69) is 51.9 Å². The highest BCUT2D eigenvalue weighted by molar-refractivity contribution is 7.07. The third kappa shape index (κ3) is 2.77. The molecule has 0 bridgehead atoms. The number of hydrogen-bond donors (Lipinski definition) is 0. The first kappa shape index (κ1) is 16.1. The molecule has 1 spiro atoms. The number of rotatable bonds is 3. The maximum absolute atomic E-state index is 5.51. The number of hydrogen-bond acceptors (Lipinski definition) is 4. The van der Waals surface area contributed by atoms with Gasteiger partial charge in [0.05, 0.1) is 7.11 Å². The maximum atomic E-state index is 5.51. The van der Waals surface area contributed by atoms with Gasteiger partial charge >= 0.3 is 0 Å². The van der Waals surface area contributed by atoms with Gasteiger partial charge in [0.2, 0.25) is 0 Å². The zero-order valence-electron chi connectivity index (χ0n) is 14.6. The minimum atomic E-state index is 0.188. The van der Waals surface area contributed by atoms with Crippen LogP contribution in [0, 0.1) is 0 Å². The lowest BCUT2D eigenvalue weighted by atomic mass is 9.74. The molecule has 3 heterocycles. The van der Waals surface area contributed by atoms with Gasteiger partial charge in [0, 0.05) is 31.7 Å². The van der Waals surface area contributed by atoms with Gasteiger partial charge in [0.15, 0.2) is 0 Å². The van der Waals surface area contributed by atoms with Crippen LogP contribution in [-0.2, 0) is 18.5 Å². The maximum Gasteiger partial charge on any atom is 0.119 e. The first-order valence-corrected chi connectivity index (χ1v) is 9.78. The smallest absolute Gasteiger partial charge is 0.119 e. The third-order valence-electron chi connectivity index (χ3n) is 5.94. The van der Waals surface area contributed by atoms with Crippen LogP contribution in [0.2, 0.25) is 0 Å². The highest BCUT2D eigenvalue weighted by atomic mass is 32.1. The zero-order valence-corrected chi connectivity index (χ0v) is 15.4. The quantitative estimate of drug-likeness (QED) is 0.845. The first-order valence-electron chi connectivity index (χ1n) is 8.83. The van der Waals surface area contributed by atoms with Gasteiger partial charge in [-0.15, -0.1) is 0 Å². The lowest BCUT2D eigenvalue weighted by Gasteiger charge is -2.51. The van der Waals surface area contributed by atoms with Gasteiger partial charge in [-0.05, 0) is 72.0 Å². The van der Waals surface area contributed by atoms with Gasteiger partial charge in [0.1, 0.15) is 5.75 Å². The van der Waals surface area contributed by atoms with Crippen molar-refractivity contribution in [3.05, 3.63) is 51.7 Å². The molecule has 0 aliphatic carbocycles. The Morgan fingerprint density at radius 2 is 2.00 bits per heavy atom. The molecule has 0 N–H and O–H groups in total. The minimum absolute atomic E-state index is 0.188. The molecular weight excluding hydrogens is 316 g/mol. The van der Waals surface area contributed by atoms with Crippen LogP contribution < -0.4 is 4.74 Å². The highest BCUT2D eigenvalue weighted by Gasteiger charge is 2.43. The van der Waals surface area contributed by atoms with E-state index in [1.165, 1.54) is 29.5 Å². The monoisotopic (exact) mass is 342 g/mol. The van der Waals surface area contributed by atoms with Crippen LogP contribution in [0.4, 0.5) is 0 Å². The molecule has 2 aliphatic heterocycles. The van der Waals surface area contributed by atoms with E-state index in [1.54, 1.807) is 18.4 Å². The Bertz CT molecular complexity index is 690. The summed E-state index contributed by atoms with van der Waals surface area (Å²) in [5.41, 5.74) is 4.66. The second-order valence-electron chi connectivity index (χ2n) is 7.13. The molecule has 1 aromatic heterocycles. The molecule has 0 unspecified atom stereocenters. The molecule has 3 nitrogen and oxygen atoms in total. The Hall–Kier alpha value is -1.36. The Morgan fingerprint density at radius 3 is 2.71 bits per heavy atom. The van der Waals surface area contributed by atoms with Gasteiger partial charge < -0.3 is 4.74 Å². The minimum Gasteiger partial charge on any atom is -0.497 e. The Morgan fingerprint density at radius 1 is 1.17 bits per heavy atom. The topological polar surface area (TPSA) is 15.7 Å². The van der Waals surface area contributed by atoms with Crippen molar-refractivity contribution in [2.75, 3.05) is 33.8 Å². The van der Waals surface area contributed by atoms with Crippen molar-refractivity contribution < 1.29 is 4.74 Å². The molecule has 0 atom stereocenters. The molecule has 2 aromatic rings. The molecule has 0 radical (unpaired) electrons. The molecule has 1 aromatic carbocycles. The standard InChI is InChI=1S/C20H26N2OS/c1-21-9-5-17-3-4-18(23-2)13-19(17)20(21)7-10-22(11-8-20)14-16-6-12-24-15-16/h3-4,6,12-13,15H,5,7-11,14H2,1-2H3. The number of ether oxygens (including phenoxy) is 1. The van der Waals surface area contributed by atoms with Crippen LogP contribution in [-0.4, -0.2) is 43.6 Å². The second kappa shape index (κ2) is 6.51. The fraction of sp³-hybridized carbons (Fsp3) is 0.500. The summed E-state index contributed by atoms with van der Waals surface area (Å²) in [6.07, 6.45) is 3.55. The van der Waals surface area contributed by atoms with Gasteiger partial charge in [-0.2, -0.15) is 11.3 Å². The van der Waals surface area contributed by atoms with Crippen LogP contribution in [0.1, 0.15) is 29.5 Å². The number of thiophene rings is 1. The van der Waals surface area contributed by atoms with E-state index in [4.69, 9.17) is 4.74 Å². The van der Waals surface area contributed by atoms with E-state index in [9.17, 15) is 0 Å². The van der Waals surface area contributed by atoms with Crippen LogP contribution in [0.5, 0.6) is 5.75 Å². The molecule has 0 amide bonds. The van der Waals surface area contributed by atoms with E-state index in [0.29, 0.717) is 0 Å². The van der Waals surface area contributed by atoms with Crippen molar-refractivity contribution in [2.45, 2.75) is 31.3 Å². The third-order valence-corrected chi connectivity index (χ3v) is 6.67. The van der Waals surface area contributed by atoms with Crippen molar-refractivity contribution in [3.8, 4) is 5.75 Å². The van der Waals surface area contributed by atoms with Crippen molar-refractivity contribution in [1.29, 1.82) is 0 Å². The lowest BCUT2D eigenvalue weighted by Crippen LogP contribution is -2.54. The Balaban J connectivity index is 1.57. The number of piperidine rings is 1. The van der Waals surface area contributed by atoms with Crippen LogP contribution in [0.3, 0.4) is 0 Å². The number of likely N-dealkylation sites (N-methyl/N-ethyl adjacent to an activating group) is 1. The largest absolute Gasteiger partial charge is 0.497 e. The fourth-order valence-electron chi connectivity index (χ4n) is 4.41. The molecule has 0 saturated carbocycles. The van der Waals surface area contributed by atoms with Crippen molar-refractivity contribution in [2.24, 2.45) is 0 Å². The van der Waals surface area contributed by atoms with Gasteiger partial charge in [-0.25, -0.2) is 0 Å². The fourth-order valence-corrected chi connectivity index (χ4v) is 5.07. The zero-order chi connectivity index (χ0) is 16.6. The molecule has 2 aliphatic rings. The number of likely N-dealkylation sites (tertiary alicyclic amines) is 1. The van der Waals surface area contributed by atoms with E-state index in [0.717, 1.165) is 38.3 Å². The summed E-state index contributed by atoms with van der Waals surface area (Å²) in [5.74, 6) is 0.990. The van der Waals surface area contributed by atoms with Crippen molar-refractivity contribution in [3.63, 3.8) is 0 Å². The van der Waals surface area contributed by atoms with E-state index >= 15 is 0 Å².